The number of hydrogen-bond donors (Lipinski definition) is 1. The van der Waals surface area contributed by atoms with Crippen molar-refractivity contribution in [3.05, 3.63) is 12.2 Å². The molecule has 0 aromatic carbocycles. The molecule has 0 bridgehead atoms. The van der Waals surface area contributed by atoms with Gasteiger partial charge in [0, 0.05) is 6.21 Å². The van der Waals surface area contributed by atoms with Crippen LogP contribution < -0.4 is 0 Å². The molecule has 0 aromatic rings. The molecule has 0 amide bonds. The summed E-state index contributed by atoms with van der Waals surface area (Å²) in [6.45, 7) is 11.0. The normalized spacial score (nSPS) is 8.40. The third-order valence-corrected chi connectivity index (χ3v) is 0.479. The maximum atomic E-state index is 6.85. The van der Waals surface area contributed by atoms with Crippen LogP contribution in [0.15, 0.2) is 17.1 Å². The second kappa shape index (κ2) is 8.08. The summed E-state index contributed by atoms with van der Waals surface area (Å²) in [6.07, 6.45) is 1.57. The zero-order valence-corrected chi connectivity index (χ0v) is 7.23. The van der Waals surface area contributed by atoms with Gasteiger partial charge in [-0.25, -0.2) is 4.99 Å². The van der Waals surface area contributed by atoms with Gasteiger partial charge in [0.15, 0.2) is 0 Å². The molecule has 10 heavy (non-hydrogen) atoms. The van der Waals surface area contributed by atoms with Crippen LogP contribution in [0.3, 0.4) is 0 Å². The highest BCUT2D eigenvalue weighted by Crippen LogP contribution is 1.79. The second-order valence-corrected chi connectivity index (χ2v) is 1.69. The monoisotopic (exact) mass is 140 g/mol. The molecule has 0 radical (unpaired) electrons. The Morgan fingerprint density at radius 1 is 1.40 bits per heavy atom. The van der Waals surface area contributed by atoms with Gasteiger partial charge in [-0.05, 0) is 19.4 Å². The van der Waals surface area contributed by atoms with Crippen molar-refractivity contribution in [1.29, 1.82) is 5.41 Å². The molecule has 0 aliphatic heterocycles. The number of aliphatic imine (C=N–C) groups is 1. The van der Waals surface area contributed by atoms with E-state index >= 15 is 0 Å². The first-order valence-electron chi connectivity index (χ1n) is 3.37. The molecule has 0 atom stereocenters. The third-order valence-electron chi connectivity index (χ3n) is 0.479. The van der Waals surface area contributed by atoms with Crippen molar-refractivity contribution in [3.8, 4) is 0 Å². The zero-order chi connectivity index (χ0) is 8.57. The van der Waals surface area contributed by atoms with Gasteiger partial charge in [0.25, 0.3) is 0 Å². The molecule has 0 rings (SSSR count). The van der Waals surface area contributed by atoms with Crippen LogP contribution in [0.25, 0.3) is 0 Å². The first-order valence-corrected chi connectivity index (χ1v) is 3.37. The Hall–Kier alpha value is -0.920. The van der Waals surface area contributed by atoms with E-state index < -0.39 is 0 Å². The van der Waals surface area contributed by atoms with Crippen molar-refractivity contribution in [2.45, 2.75) is 27.7 Å². The molecule has 2 nitrogen and oxygen atoms in total. The van der Waals surface area contributed by atoms with Crippen molar-refractivity contribution in [3.63, 3.8) is 0 Å². The van der Waals surface area contributed by atoms with E-state index in [1.807, 2.05) is 20.8 Å². The van der Waals surface area contributed by atoms with Gasteiger partial charge in [-0.1, -0.05) is 20.4 Å². The topological polar surface area (TPSA) is 36.2 Å². The Morgan fingerprint density at radius 3 is 1.90 bits per heavy atom. The van der Waals surface area contributed by atoms with E-state index in [9.17, 15) is 0 Å². The van der Waals surface area contributed by atoms with Gasteiger partial charge in [0.1, 0.15) is 5.84 Å². The first-order chi connectivity index (χ1) is 4.63. The fourth-order valence-electron chi connectivity index (χ4n) is 0.207. The number of nitrogens with zero attached hydrogens (tertiary/aromatic N) is 1. The van der Waals surface area contributed by atoms with Crippen molar-refractivity contribution in [2.24, 2.45) is 4.99 Å². The molecule has 1 N–H and O–H groups in total. The quantitative estimate of drug-likeness (QED) is 0.429. The number of hydrogen-bond acceptors (Lipinski definition) is 1. The van der Waals surface area contributed by atoms with E-state index in [0.29, 0.717) is 5.84 Å². The largest absolute Gasteiger partial charge is 0.287 e. The minimum Gasteiger partial charge on any atom is -0.287 e. The van der Waals surface area contributed by atoms with E-state index in [4.69, 9.17) is 5.41 Å². The molecule has 58 valence electrons. The van der Waals surface area contributed by atoms with Crippen molar-refractivity contribution >= 4 is 12.1 Å². The van der Waals surface area contributed by atoms with E-state index in [1.165, 1.54) is 0 Å². The van der Waals surface area contributed by atoms with Gasteiger partial charge < -0.3 is 0 Å². The summed E-state index contributed by atoms with van der Waals surface area (Å²) in [5, 5.41) is 6.85. The van der Waals surface area contributed by atoms with Crippen LogP contribution in [0.1, 0.15) is 27.7 Å². The van der Waals surface area contributed by atoms with Crippen LogP contribution in [0.2, 0.25) is 0 Å². The van der Waals surface area contributed by atoms with Crippen molar-refractivity contribution in [1.82, 2.24) is 0 Å². The summed E-state index contributed by atoms with van der Waals surface area (Å²) < 4.78 is 0. The molecule has 0 saturated heterocycles. The first kappa shape index (κ1) is 11.8. The third kappa shape index (κ3) is 15.7. The average Bonchev–Trinajstić information content (AvgIpc) is 1.89. The molecule has 0 heterocycles. The summed E-state index contributed by atoms with van der Waals surface area (Å²) in [4.78, 5) is 3.68. The van der Waals surface area contributed by atoms with Gasteiger partial charge >= 0.3 is 0 Å². The SMILES string of the molecule is C=C(C)C=NC(C)=N.CC. The molecule has 0 spiro atoms. The highest BCUT2D eigenvalue weighted by molar-refractivity contribution is 5.90. The van der Waals surface area contributed by atoms with Gasteiger partial charge in [0.05, 0.1) is 0 Å². The zero-order valence-electron chi connectivity index (χ0n) is 7.23. The number of rotatable bonds is 1. The molecular weight excluding hydrogens is 124 g/mol. The van der Waals surface area contributed by atoms with Crippen LogP contribution in [0, 0.1) is 5.41 Å². The van der Waals surface area contributed by atoms with Crippen molar-refractivity contribution < 1.29 is 0 Å². The van der Waals surface area contributed by atoms with E-state index in [2.05, 4.69) is 11.6 Å². The van der Waals surface area contributed by atoms with Gasteiger partial charge in [-0.2, -0.15) is 0 Å². The Kier molecular flexibility index (Phi) is 9.56. The fraction of sp³-hybridized carbons (Fsp3) is 0.500. The smallest absolute Gasteiger partial charge is 0.117 e. The fourth-order valence-corrected chi connectivity index (χ4v) is 0.207. The summed E-state index contributed by atoms with van der Waals surface area (Å²) >= 11 is 0. The molecule has 0 fully saturated rings. The van der Waals surface area contributed by atoms with Gasteiger partial charge in [0.2, 0.25) is 0 Å². The van der Waals surface area contributed by atoms with Crippen LogP contribution in [0.4, 0.5) is 0 Å². The Balaban J connectivity index is 0. The summed E-state index contributed by atoms with van der Waals surface area (Å²) in [7, 11) is 0. The number of allylic oxidation sites excluding steroid dienone is 1. The molecule has 0 aliphatic rings. The highest BCUT2D eigenvalue weighted by Gasteiger charge is 1.75. The lowest BCUT2D eigenvalue weighted by Gasteiger charge is -1.82. The molecule has 0 aromatic heterocycles. The van der Waals surface area contributed by atoms with Gasteiger partial charge in [-0.15, -0.1) is 0 Å². The predicted octanol–water partition coefficient (Wildman–Crippen LogP) is 2.66. The van der Waals surface area contributed by atoms with Crippen LogP contribution in [-0.4, -0.2) is 12.1 Å². The summed E-state index contributed by atoms with van der Waals surface area (Å²) in [6, 6.07) is 0. The summed E-state index contributed by atoms with van der Waals surface area (Å²) in [5.41, 5.74) is 0.872. The van der Waals surface area contributed by atoms with Crippen LogP contribution >= 0.6 is 0 Å². The van der Waals surface area contributed by atoms with Crippen LogP contribution in [0.5, 0.6) is 0 Å². The molecular formula is C8H16N2. The molecule has 2 heteroatoms. The van der Waals surface area contributed by atoms with E-state index in [1.54, 1.807) is 13.1 Å². The Bertz CT molecular complexity index is 118. The van der Waals surface area contributed by atoms with Crippen LogP contribution in [-0.2, 0) is 0 Å². The van der Waals surface area contributed by atoms with Gasteiger partial charge in [-0.3, -0.25) is 5.41 Å². The number of nitrogens with one attached hydrogen (secondary N) is 1. The minimum absolute atomic E-state index is 0.313. The van der Waals surface area contributed by atoms with E-state index in [0.717, 1.165) is 5.57 Å². The second-order valence-electron chi connectivity index (χ2n) is 1.69. The molecule has 0 unspecified atom stereocenters. The molecule has 0 saturated carbocycles. The highest BCUT2D eigenvalue weighted by atomic mass is 14.8. The maximum Gasteiger partial charge on any atom is 0.117 e. The lowest BCUT2D eigenvalue weighted by Crippen LogP contribution is -1.82. The van der Waals surface area contributed by atoms with Crippen molar-refractivity contribution in [2.75, 3.05) is 0 Å². The van der Waals surface area contributed by atoms with E-state index in [-0.39, 0.29) is 0 Å². The maximum absolute atomic E-state index is 6.85. The lowest BCUT2D eigenvalue weighted by atomic mass is 10.4. The average molecular weight is 140 g/mol. The Morgan fingerprint density at radius 2 is 1.80 bits per heavy atom. The summed E-state index contributed by atoms with van der Waals surface area (Å²) in [5.74, 6) is 0.313. The molecule has 0 aliphatic carbocycles. The number of amidine groups is 1. The lowest BCUT2D eigenvalue weighted by molar-refractivity contribution is 1.41. The predicted molar refractivity (Wildman–Crippen MR) is 48.1 cm³/mol. The standard InChI is InChI=1S/C6H10N2.C2H6/c1-5(2)4-8-6(3)7;1-2/h4,7H,1H2,2-3H3;1-2H3. The Labute approximate surface area is 63.2 Å². The minimum atomic E-state index is 0.313.